The average Bonchev–Trinajstić information content (AvgIpc) is 3.22. The fourth-order valence-electron chi connectivity index (χ4n) is 3.52. The van der Waals surface area contributed by atoms with Crippen molar-refractivity contribution in [3.63, 3.8) is 0 Å². The number of piperidine rings is 1. The fourth-order valence-corrected chi connectivity index (χ4v) is 3.52. The molecule has 1 amide bonds. The lowest BCUT2D eigenvalue weighted by Gasteiger charge is -2.32. The van der Waals surface area contributed by atoms with Gasteiger partial charge in [-0.05, 0) is 41.0 Å². The Labute approximate surface area is 166 Å². The van der Waals surface area contributed by atoms with E-state index in [0.717, 1.165) is 11.4 Å². The van der Waals surface area contributed by atoms with Gasteiger partial charge in [-0.15, -0.1) is 14.8 Å². The molecule has 10 heteroatoms. The van der Waals surface area contributed by atoms with Crippen molar-refractivity contribution in [1.29, 1.82) is 0 Å². The Morgan fingerprint density at radius 3 is 2.62 bits per heavy atom. The number of rotatable bonds is 6. The highest BCUT2D eigenvalue weighted by Crippen LogP contribution is 2.22. The molecule has 4 rings (SSSR count). The number of hydrogen-bond donors (Lipinski definition) is 2. The second-order valence-corrected chi connectivity index (χ2v) is 7.07. The van der Waals surface area contributed by atoms with Crippen molar-refractivity contribution >= 4 is 23.3 Å². The van der Waals surface area contributed by atoms with Crippen molar-refractivity contribution in [3.8, 4) is 0 Å². The molecule has 2 aromatic heterocycles. The Bertz CT molecular complexity index is 999. The molecule has 0 unspecified atom stereocenters. The Kier molecular flexibility index (Phi) is 5.32. The van der Waals surface area contributed by atoms with Gasteiger partial charge in [-0.3, -0.25) is 4.79 Å². The minimum Gasteiger partial charge on any atom is -0.480 e. The van der Waals surface area contributed by atoms with Gasteiger partial charge in [0.05, 0.1) is 0 Å². The van der Waals surface area contributed by atoms with Gasteiger partial charge in [-0.2, -0.15) is 0 Å². The number of carboxylic acid groups (broad SMARTS) is 1. The Balaban J connectivity index is 1.34. The molecule has 1 aliphatic heterocycles. The first-order chi connectivity index (χ1) is 14.1. The number of nitrogens with zero attached hydrogens (tertiary/aromatic N) is 6. The Morgan fingerprint density at radius 1 is 1.14 bits per heavy atom. The number of aromatic nitrogens is 5. The molecule has 1 aromatic carbocycles. The second kappa shape index (κ2) is 8.21. The average molecular weight is 395 g/mol. The highest BCUT2D eigenvalue weighted by Gasteiger charge is 2.29. The van der Waals surface area contributed by atoms with Crippen molar-refractivity contribution in [2.24, 2.45) is 5.92 Å². The molecule has 10 nitrogen and oxygen atoms in total. The number of amides is 1. The van der Waals surface area contributed by atoms with Crippen LogP contribution in [0.3, 0.4) is 0 Å². The maximum absolute atomic E-state index is 12.6. The largest absolute Gasteiger partial charge is 0.480 e. The van der Waals surface area contributed by atoms with Crippen LogP contribution in [0.4, 0.5) is 5.82 Å². The summed E-state index contributed by atoms with van der Waals surface area (Å²) < 4.78 is 1.37. The summed E-state index contributed by atoms with van der Waals surface area (Å²) in [6.07, 6.45) is 1.51. The summed E-state index contributed by atoms with van der Waals surface area (Å²) in [5.74, 6) is -0.716. The van der Waals surface area contributed by atoms with Crippen LogP contribution < -0.4 is 10.2 Å². The summed E-state index contributed by atoms with van der Waals surface area (Å²) in [6, 6.07) is 12.0. The Hall–Kier alpha value is -3.56. The molecular weight excluding hydrogens is 374 g/mol. The normalized spacial score (nSPS) is 15.9. The maximum atomic E-state index is 12.6. The number of carbonyl (C=O) groups is 2. The number of hydrogen-bond acceptors (Lipinski definition) is 7. The van der Waals surface area contributed by atoms with Gasteiger partial charge in [0.1, 0.15) is 6.04 Å². The fraction of sp³-hybridized carbons (Fsp3) is 0.368. The lowest BCUT2D eigenvalue weighted by Crippen LogP contribution is -2.47. The number of tetrazole rings is 1. The van der Waals surface area contributed by atoms with Crippen molar-refractivity contribution in [2.45, 2.75) is 25.3 Å². The molecule has 0 aliphatic carbocycles. The predicted octanol–water partition coefficient (Wildman–Crippen LogP) is 0.548. The minimum atomic E-state index is -1.03. The van der Waals surface area contributed by atoms with Crippen LogP contribution in [0, 0.1) is 5.92 Å². The van der Waals surface area contributed by atoms with E-state index in [4.69, 9.17) is 0 Å². The summed E-state index contributed by atoms with van der Waals surface area (Å²) in [4.78, 5) is 26.3. The van der Waals surface area contributed by atoms with Crippen molar-refractivity contribution in [2.75, 3.05) is 18.0 Å². The van der Waals surface area contributed by atoms with E-state index >= 15 is 0 Å². The van der Waals surface area contributed by atoms with Crippen molar-refractivity contribution in [3.05, 3.63) is 48.0 Å². The highest BCUT2D eigenvalue weighted by molar-refractivity contribution is 5.85. The third kappa shape index (κ3) is 4.31. The summed E-state index contributed by atoms with van der Waals surface area (Å²) in [5.41, 5.74) is 1.44. The summed E-state index contributed by atoms with van der Waals surface area (Å²) in [7, 11) is 0. The van der Waals surface area contributed by atoms with Crippen LogP contribution in [-0.2, 0) is 16.0 Å². The van der Waals surface area contributed by atoms with E-state index < -0.39 is 12.0 Å². The van der Waals surface area contributed by atoms with E-state index in [9.17, 15) is 14.7 Å². The summed E-state index contributed by atoms with van der Waals surface area (Å²) in [6.45, 7) is 1.30. The number of fused-ring (bicyclic) bond motifs is 1. The van der Waals surface area contributed by atoms with Gasteiger partial charge in [0.15, 0.2) is 11.5 Å². The zero-order chi connectivity index (χ0) is 20.2. The van der Waals surface area contributed by atoms with E-state index in [1.165, 1.54) is 4.63 Å². The van der Waals surface area contributed by atoms with E-state index in [-0.39, 0.29) is 18.2 Å². The zero-order valence-electron chi connectivity index (χ0n) is 15.7. The molecule has 1 aliphatic rings. The number of aliphatic carboxylic acids is 1. The topological polar surface area (TPSA) is 126 Å². The molecule has 29 heavy (non-hydrogen) atoms. The van der Waals surface area contributed by atoms with Crippen LogP contribution >= 0.6 is 0 Å². The van der Waals surface area contributed by atoms with E-state index in [1.54, 1.807) is 6.07 Å². The smallest absolute Gasteiger partial charge is 0.326 e. The third-order valence-corrected chi connectivity index (χ3v) is 5.14. The van der Waals surface area contributed by atoms with Crippen LogP contribution in [0.15, 0.2) is 42.5 Å². The molecule has 0 radical (unpaired) electrons. The first-order valence-electron chi connectivity index (χ1n) is 9.47. The van der Waals surface area contributed by atoms with E-state index in [1.807, 2.05) is 36.4 Å². The molecule has 3 aromatic rings. The molecule has 2 N–H and O–H groups in total. The van der Waals surface area contributed by atoms with E-state index in [0.29, 0.717) is 31.6 Å². The van der Waals surface area contributed by atoms with Gasteiger partial charge in [-0.25, -0.2) is 4.79 Å². The highest BCUT2D eigenvalue weighted by atomic mass is 16.4. The predicted molar refractivity (Wildman–Crippen MR) is 103 cm³/mol. The van der Waals surface area contributed by atoms with Crippen molar-refractivity contribution in [1.82, 2.24) is 30.6 Å². The molecule has 0 spiro atoms. The zero-order valence-corrected chi connectivity index (χ0v) is 15.7. The van der Waals surface area contributed by atoms with E-state index in [2.05, 4.69) is 30.8 Å². The van der Waals surface area contributed by atoms with Gasteiger partial charge in [0, 0.05) is 25.4 Å². The molecule has 3 heterocycles. The molecule has 1 saturated heterocycles. The van der Waals surface area contributed by atoms with Gasteiger partial charge < -0.3 is 15.3 Å². The van der Waals surface area contributed by atoms with Crippen LogP contribution in [0.25, 0.3) is 5.65 Å². The molecule has 1 atom stereocenters. The molecule has 0 bridgehead atoms. The van der Waals surface area contributed by atoms with Gasteiger partial charge in [0.2, 0.25) is 5.91 Å². The van der Waals surface area contributed by atoms with Crippen LogP contribution in [0.2, 0.25) is 0 Å². The molecule has 0 saturated carbocycles. The molecular formula is C19H21N7O3. The third-order valence-electron chi connectivity index (χ3n) is 5.14. The standard InChI is InChI=1S/C19H21N7O3/c27-18(20-15(19(28)29)12-13-4-2-1-3-5-13)14-8-10-25(11-9-14)17-7-6-16-21-23-24-26(16)22-17/h1-7,14-15H,8-12H2,(H,20,27)(H,28,29)/t15-/m1/s1. The van der Waals surface area contributed by atoms with Gasteiger partial charge in [0.25, 0.3) is 0 Å². The van der Waals surface area contributed by atoms with Gasteiger partial charge in [-0.1, -0.05) is 30.3 Å². The summed E-state index contributed by atoms with van der Waals surface area (Å²) >= 11 is 0. The van der Waals surface area contributed by atoms with Crippen LogP contribution in [0.5, 0.6) is 0 Å². The number of anilines is 1. The summed E-state index contributed by atoms with van der Waals surface area (Å²) in [5, 5.41) is 27.8. The monoisotopic (exact) mass is 395 g/mol. The van der Waals surface area contributed by atoms with Crippen molar-refractivity contribution < 1.29 is 14.7 Å². The SMILES string of the molecule is O=C(N[C@H](Cc1ccccc1)C(=O)O)C1CCN(c2ccc3nnnn3n2)CC1. The first kappa shape index (κ1) is 18.8. The van der Waals surface area contributed by atoms with Crippen LogP contribution in [-0.4, -0.2) is 61.4 Å². The molecule has 150 valence electrons. The maximum Gasteiger partial charge on any atom is 0.326 e. The number of benzene rings is 1. The number of carbonyl (C=O) groups excluding carboxylic acids is 1. The first-order valence-corrected chi connectivity index (χ1v) is 9.47. The lowest BCUT2D eigenvalue weighted by atomic mass is 9.95. The second-order valence-electron chi connectivity index (χ2n) is 7.07. The van der Waals surface area contributed by atoms with Gasteiger partial charge >= 0.3 is 5.97 Å². The quantitative estimate of drug-likeness (QED) is 0.620. The lowest BCUT2D eigenvalue weighted by molar-refractivity contribution is -0.142. The molecule has 1 fully saturated rings. The Morgan fingerprint density at radius 2 is 1.90 bits per heavy atom. The minimum absolute atomic E-state index is 0.211. The number of carboxylic acids is 1. The number of nitrogens with one attached hydrogen (secondary N) is 1. The van der Waals surface area contributed by atoms with Crippen LogP contribution in [0.1, 0.15) is 18.4 Å².